The summed E-state index contributed by atoms with van der Waals surface area (Å²) < 4.78 is 45.8. The lowest BCUT2D eigenvalue weighted by Crippen LogP contribution is -2.42. The van der Waals surface area contributed by atoms with Crippen LogP contribution in [-0.4, -0.2) is 151 Å². The van der Waals surface area contributed by atoms with E-state index in [2.05, 4.69) is 146 Å². The number of ether oxygens (including phenoxy) is 3. The number of amidine groups is 3. The topological polar surface area (TPSA) is 254 Å². The van der Waals surface area contributed by atoms with E-state index in [0.717, 1.165) is 151 Å². The van der Waals surface area contributed by atoms with E-state index in [0.29, 0.717) is 109 Å². The van der Waals surface area contributed by atoms with Crippen molar-refractivity contribution in [2.45, 2.75) is 122 Å². The van der Waals surface area contributed by atoms with Gasteiger partial charge >= 0.3 is 0 Å². The summed E-state index contributed by atoms with van der Waals surface area (Å²) in [5.74, 6) is 2.71. The lowest BCUT2D eigenvalue weighted by atomic mass is 9.91. The van der Waals surface area contributed by atoms with Crippen molar-refractivity contribution < 1.29 is 37.4 Å². The van der Waals surface area contributed by atoms with Gasteiger partial charge in [0.2, 0.25) is 5.82 Å². The number of benzene rings is 9. The molecule has 10 aromatic rings. The van der Waals surface area contributed by atoms with Gasteiger partial charge in [0, 0.05) is 86.2 Å². The quantitative estimate of drug-likeness (QED) is 0.0716. The van der Waals surface area contributed by atoms with Crippen LogP contribution in [0, 0.1) is 18.6 Å². The molecule has 0 radical (unpaired) electrons. The fraction of sp³-hybridized carbons (Fsp3) is 0.300. The number of hydrogen-bond acceptors (Lipinski definition) is 18. The third-order valence-corrected chi connectivity index (χ3v) is 22.1. The molecule has 3 saturated heterocycles. The first-order valence-electron chi connectivity index (χ1n) is 39.1. The van der Waals surface area contributed by atoms with E-state index in [1.165, 1.54) is 23.3 Å². The number of aromatic amines is 1. The average molecular weight is 1530 g/mol. The van der Waals surface area contributed by atoms with Crippen molar-refractivity contribution in [3.8, 4) is 78.1 Å². The van der Waals surface area contributed by atoms with E-state index >= 15 is 0 Å². The lowest BCUT2D eigenvalue weighted by molar-refractivity contribution is -0.132. The number of aliphatic imine (C=N–C) groups is 3. The number of nitrogens with one attached hydrogen (secondary N) is 1. The van der Waals surface area contributed by atoms with Crippen molar-refractivity contribution in [2.24, 2.45) is 45.9 Å². The van der Waals surface area contributed by atoms with E-state index in [1.54, 1.807) is 24.3 Å². The van der Waals surface area contributed by atoms with Crippen molar-refractivity contribution in [2.75, 3.05) is 52.7 Å². The van der Waals surface area contributed by atoms with Crippen LogP contribution in [0.5, 0.6) is 0 Å². The molecule has 0 aliphatic carbocycles. The molecular weight excluding hydrogens is 1440 g/mol. The largest absolute Gasteiger partial charge is 0.378 e. The Morgan fingerprint density at radius 3 is 1.09 bits per heavy atom. The molecule has 3 atom stereocenters. The van der Waals surface area contributed by atoms with E-state index < -0.39 is 16.6 Å². The second-order valence-electron chi connectivity index (χ2n) is 29.8. The molecule has 576 valence electrons. The van der Waals surface area contributed by atoms with Gasteiger partial charge in [0.05, 0.1) is 50.9 Å². The fourth-order valence-electron chi connectivity index (χ4n) is 16.1. The number of aryl methyl sites for hydroxylation is 1. The predicted octanol–water partition coefficient (Wildman–Crippen LogP) is 17.3. The van der Waals surface area contributed by atoms with Crippen LogP contribution in [0.25, 0.3) is 78.1 Å². The third kappa shape index (κ3) is 15.3. The second-order valence-corrected chi connectivity index (χ2v) is 29.8. The first-order chi connectivity index (χ1) is 55.7. The molecule has 3 unspecified atom stereocenters. The summed E-state index contributed by atoms with van der Waals surface area (Å²) in [6.07, 6.45) is 7.01. The Morgan fingerprint density at radius 2 is 0.754 bits per heavy atom. The SMILES string of the molecule is CCCC1=NC2(CCOC2)C(=O)N1Cc1ccc(-c2cc(-c3ccccc3C)ccc2-c2nn[nH]n2)cc1.CCCC1=NC2(CCOC2)C(=O)N1Cc1ccc(-c2cc(-c3ccccc3F)ccc2C2=NN=NC2)cc1.CCCC1=NC2(CCOC2)C(=O)N1Cc1ccc(-c2cc(-c3ccccc3F)ccc2C2=NN=NC2)cc1. The highest BCUT2D eigenvalue weighted by atomic mass is 19.1. The first kappa shape index (κ1) is 75.8. The van der Waals surface area contributed by atoms with E-state index in [-0.39, 0.29) is 29.4 Å². The lowest BCUT2D eigenvalue weighted by Gasteiger charge is -2.22. The van der Waals surface area contributed by atoms with Gasteiger partial charge in [-0.3, -0.25) is 44.1 Å². The van der Waals surface area contributed by atoms with Gasteiger partial charge < -0.3 is 14.2 Å². The molecule has 1 aromatic heterocycles. The Hall–Kier alpha value is -12.3. The van der Waals surface area contributed by atoms with Crippen LogP contribution >= 0.6 is 0 Å². The standard InChI is InChI=1S/2C30H28FN5O2.C30H30N6O2/c2*1-2-5-28-33-30(14-15-38-19-30)29(37)36(28)18-20-8-10-21(11-9-20)25-16-22(23-6-3-4-7-26(23)31)12-13-24(25)27-17-32-35-34-27;1-3-6-27-31-30(15-16-38-19-30)29(37)36(27)18-21-9-11-22(12-10-21)26-17-23(24-8-5-4-7-20(24)2)13-14-25(26)28-32-34-35-33-28/h2*3-4,6-13,16H,2,5,14-15,17-19H2,1H3;4-5,7-14,17H,3,6,15-16,18-19H2,1-2H3,(H,32,33,34,35). The highest BCUT2D eigenvalue weighted by molar-refractivity contribution is 6.12. The number of rotatable bonds is 21. The molecule has 22 nitrogen and oxygen atoms in total. The molecule has 24 heteroatoms. The van der Waals surface area contributed by atoms with Crippen molar-refractivity contribution >= 4 is 46.7 Å². The molecule has 9 heterocycles. The summed E-state index contributed by atoms with van der Waals surface area (Å²) in [7, 11) is 0. The number of H-pyrrole nitrogens is 1. The number of halogens is 2. The summed E-state index contributed by atoms with van der Waals surface area (Å²) in [5, 5.41) is 38.8. The van der Waals surface area contributed by atoms with Crippen molar-refractivity contribution in [3.63, 3.8) is 0 Å². The van der Waals surface area contributed by atoms with E-state index in [4.69, 9.17) is 29.2 Å². The van der Waals surface area contributed by atoms with E-state index in [1.807, 2.05) is 112 Å². The van der Waals surface area contributed by atoms with Gasteiger partial charge in [0.15, 0.2) is 16.6 Å². The van der Waals surface area contributed by atoms with Crippen LogP contribution in [0.2, 0.25) is 0 Å². The van der Waals surface area contributed by atoms with Crippen LogP contribution in [0.3, 0.4) is 0 Å². The first-order valence-corrected chi connectivity index (χ1v) is 39.1. The minimum atomic E-state index is -0.745. The van der Waals surface area contributed by atoms with Gasteiger partial charge in [-0.25, -0.2) is 8.78 Å². The molecule has 114 heavy (non-hydrogen) atoms. The molecule has 3 spiro atoms. The second kappa shape index (κ2) is 33.2. The highest BCUT2D eigenvalue weighted by Gasteiger charge is 2.53. The Kier molecular flexibility index (Phi) is 22.1. The minimum absolute atomic E-state index is 0.0362. The molecule has 3 amide bonds. The number of carbonyl (C=O) groups is 3. The Bertz CT molecular complexity index is 5280. The summed E-state index contributed by atoms with van der Waals surface area (Å²) in [4.78, 5) is 60.2. The normalized spacial score (nSPS) is 20.0. The molecule has 18 rings (SSSR count). The molecule has 3 fully saturated rings. The Balaban J connectivity index is 0.000000129. The van der Waals surface area contributed by atoms with Gasteiger partial charge in [0.1, 0.15) is 42.2 Å². The maximum absolute atomic E-state index is 14.6. The smallest absolute Gasteiger partial charge is 0.258 e. The minimum Gasteiger partial charge on any atom is -0.378 e. The maximum Gasteiger partial charge on any atom is 0.258 e. The van der Waals surface area contributed by atoms with Gasteiger partial charge in [-0.05, 0) is 156 Å². The van der Waals surface area contributed by atoms with Crippen molar-refractivity contribution in [1.29, 1.82) is 0 Å². The number of hydrogen-bond donors (Lipinski definition) is 1. The zero-order valence-corrected chi connectivity index (χ0v) is 64.1. The number of aromatic nitrogens is 4. The summed E-state index contributed by atoms with van der Waals surface area (Å²) in [5.41, 5.74) is 17.2. The van der Waals surface area contributed by atoms with Crippen molar-refractivity contribution in [1.82, 2.24) is 35.3 Å². The summed E-state index contributed by atoms with van der Waals surface area (Å²) in [6.45, 7) is 13.5. The van der Waals surface area contributed by atoms with Gasteiger partial charge in [-0.2, -0.15) is 15.4 Å². The predicted molar refractivity (Wildman–Crippen MR) is 435 cm³/mol. The third-order valence-electron chi connectivity index (χ3n) is 22.1. The molecule has 9 aromatic carbocycles. The monoisotopic (exact) mass is 1520 g/mol. The molecule has 1 N–H and O–H groups in total. The summed E-state index contributed by atoms with van der Waals surface area (Å²) >= 11 is 0. The maximum atomic E-state index is 14.6. The summed E-state index contributed by atoms with van der Waals surface area (Å²) in [6, 6.07) is 64.6. The van der Waals surface area contributed by atoms with Gasteiger partial charge in [0.25, 0.3) is 17.7 Å². The average Bonchev–Trinajstić information content (AvgIpc) is 1.61. The molecule has 8 aliphatic rings. The Labute approximate surface area is 659 Å². The van der Waals surface area contributed by atoms with Crippen LogP contribution < -0.4 is 0 Å². The van der Waals surface area contributed by atoms with Crippen LogP contribution in [0.15, 0.2) is 246 Å². The van der Waals surface area contributed by atoms with Gasteiger partial charge in [-0.1, -0.05) is 185 Å². The van der Waals surface area contributed by atoms with Crippen molar-refractivity contribution in [3.05, 3.63) is 245 Å². The molecule has 8 aliphatic heterocycles. The number of nitrogens with zero attached hydrogens (tertiary/aromatic N) is 15. The molecule has 0 bridgehead atoms. The van der Waals surface area contributed by atoms with Crippen LogP contribution in [-0.2, 0) is 48.2 Å². The highest BCUT2D eigenvalue weighted by Crippen LogP contribution is 2.41. The number of amides is 3. The zero-order valence-electron chi connectivity index (χ0n) is 64.1. The number of tetrazole rings is 1. The Morgan fingerprint density at radius 1 is 0.404 bits per heavy atom. The van der Waals surface area contributed by atoms with Crippen LogP contribution in [0.1, 0.15) is 112 Å². The number of carbonyl (C=O) groups excluding carboxylic acids is 3. The fourth-order valence-corrected chi connectivity index (χ4v) is 16.1. The molecule has 0 saturated carbocycles. The zero-order chi connectivity index (χ0) is 78.3. The van der Waals surface area contributed by atoms with Crippen LogP contribution in [0.4, 0.5) is 8.78 Å². The van der Waals surface area contributed by atoms with Gasteiger partial charge in [-0.15, -0.1) is 20.4 Å². The molecular formula is C90H86F2N16O6. The van der Waals surface area contributed by atoms with E-state index in [9.17, 15) is 23.2 Å².